The molecule has 0 aromatic rings. The van der Waals surface area contributed by atoms with Gasteiger partial charge in [-0.05, 0) is 51.5 Å². The SMILES string of the molecule is CC1CC(C)C(C(=O)NC2CCN(C)C(C)C2)CC1N. The van der Waals surface area contributed by atoms with Crippen molar-refractivity contribution in [3.05, 3.63) is 0 Å². The van der Waals surface area contributed by atoms with Crippen LogP contribution in [-0.2, 0) is 4.79 Å². The molecule has 1 saturated carbocycles. The summed E-state index contributed by atoms with van der Waals surface area (Å²) in [5, 5.41) is 3.28. The van der Waals surface area contributed by atoms with Gasteiger partial charge in [0.25, 0.3) is 0 Å². The van der Waals surface area contributed by atoms with Gasteiger partial charge in [-0.3, -0.25) is 4.79 Å². The van der Waals surface area contributed by atoms with Crippen molar-refractivity contribution in [2.24, 2.45) is 23.5 Å². The smallest absolute Gasteiger partial charge is 0.223 e. The molecular weight excluding hydrogens is 250 g/mol. The zero-order chi connectivity index (χ0) is 14.9. The van der Waals surface area contributed by atoms with E-state index in [0.717, 1.165) is 32.2 Å². The Morgan fingerprint density at radius 1 is 1.15 bits per heavy atom. The Balaban J connectivity index is 1.88. The number of amides is 1. The highest BCUT2D eigenvalue weighted by atomic mass is 16.2. The van der Waals surface area contributed by atoms with Gasteiger partial charge >= 0.3 is 0 Å². The minimum absolute atomic E-state index is 0.108. The lowest BCUT2D eigenvalue weighted by molar-refractivity contribution is -0.129. The van der Waals surface area contributed by atoms with Gasteiger partial charge in [0.2, 0.25) is 5.91 Å². The van der Waals surface area contributed by atoms with Crippen LogP contribution in [0.3, 0.4) is 0 Å². The van der Waals surface area contributed by atoms with Crippen molar-refractivity contribution in [3.63, 3.8) is 0 Å². The molecule has 4 heteroatoms. The van der Waals surface area contributed by atoms with Crippen molar-refractivity contribution in [3.8, 4) is 0 Å². The normalized spacial score (nSPS) is 43.2. The fraction of sp³-hybridized carbons (Fsp3) is 0.938. The maximum atomic E-state index is 12.5. The first-order valence-electron chi connectivity index (χ1n) is 8.14. The maximum Gasteiger partial charge on any atom is 0.223 e. The first kappa shape index (κ1) is 15.8. The van der Waals surface area contributed by atoms with Crippen LogP contribution in [0.2, 0.25) is 0 Å². The molecule has 2 aliphatic rings. The van der Waals surface area contributed by atoms with Gasteiger partial charge in [0, 0.05) is 30.6 Å². The minimum Gasteiger partial charge on any atom is -0.353 e. The Bertz CT molecular complexity index is 347. The molecule has 1 aliphatic heterocycles. The highest BCUT2D eigenvalue weighted by molar-refractivity contribution is 5.79. The van der Waals surface area contributed by atoms with E-state index < -0.39 is 0 Å². The molecular formula is C16H31N3O. The lowest BCUT2D eigenvalue weighted by Gasteiger charge is -2.39. The zero-order valence-electron chi connectivity index (χ0n) is 13.4. The van der Waals surface area contributed by atoms with Crippen molar-refractivity contribution in [1.82, 2.24) is 10.2 Å². The zero-order valence-corrected chi connectivity index (χ0v) is 13.4. The molecule has 0 radical (unpaired) electrons. The number of hydrogen-bond donors (Lipinski definition) is 2. The molecule has 2 rings (SSSR count). The van der Waals surface area contributed by atoms with Gasteiger partial charge in [0.1, 0.15) is 0 Å². The number of carbonyl (C=O) groups excluding carboxylic acids is 1. The van der Waals surface area contributed by atoms with Gasteiger partial charge in [0.05, 0.1) is 0 Å². The molecule has 1 amide bonds. The van der Waals surface area contributed by atoms with Gasteiger partial charge in [-0.2, -0.15) is 0 Å². The molecule has 0 aromatic carbocycles. The summed E-state index contributed by atoms with van der Waals surface area (Å²) in [5.74, 6) is 1.34. The molecule has 0 aromatic heterocycles. The van der Waals surface area contributed by atoms with Crippen LogP contribution in [0.4, 0.5) is 0 Å². The molecule has 2 fully saturated rings. The molecule has 0 bridgehead atoms. The molecule has 0 spiro atoms. The van der Waals surface area contributed by atoms with Crippen LogP contribution in [0, 0.1) is 17.8 Å². The number of carbonyl (C=O) groups is 1. The van der Waals surface area contributed by atoms with E-state index in [4.69, 9.17) is 5.73 Å². The van der Waals surface area contributed by atoms with Gasteiger partial charge in [-0.1, -0.05) is 13.8 Å². The van der Waals surface area contributed by atoms with E-state index in [1.807, 2.05) is 0 Å². The van der Waals surface area contributed by atoms with Crippen molar-refractivity contribution < 1.29 is 4.79 Å². The number of nitrogens with zero attached hydrogens (tertiary/aromatic N) is 1. The fourth-order valence-corrected chi connectivity index (χ4v) is 3.78. The van der Waals surface area contributed by atoms with Crippen LogP contribution in [0.25, 0.3) is 0 Å². The van der Waals surface area contributed by atoms with Crippen LogP contribution in [-0.4, -0.2) is 42.5 Å². The lowest BCUT2D eigenvalue weighted by atomic mass is 9.72. The average molecular weight is 281 g/mol. The number of piperidine rings is 1. The summed E-state index contributed by atoms with van der Waals surface area (Å²) in [5.41, 5.74) is 6.16. The Morgan fingerprint density at radius 2 is 1.85 bits per heavy atom. The van der Waals surface area contributed by atoms with Crippen LogP contribution in [0.15, 0.2) is 0 Å². The second-order valence-corrected chi connectivity index (χ2v) is 7.26. The fourth-order valence-electron chi connectivity index (χ4n) is 3.78. The highest BCUT2D eigenvalue weighted by Gasteiger charge is 2.36. The standard InChI is InChI=1S/C16H31N3O/c1-10-7-11(2)15(17)9-14(10)16(20)18-13-5-6-19(4)12(3)8-13/h10-15H,5-9,17H2,1-4H3,(H,18,20). The van der Waals surface area contributed by atoms with E-state index in [0.29, 0.717) is 23.9 Å². The van der Waals surface area contributed by atoms with Gasteiger partial charge in [-0.25, -0.2) is 0 Å². The van der Waals surface area contributed by atoms with E-state index in [1.165, 1.54) is 0 Å². The highest BCUT2D eigenvalue weighted by Crippen LogP contribution is 2.33. The summed E-state index contributed by atoms with van der Waals surface area (Å²) in [7, 11) is 2.16. The molecule has 116 valence electrons. The van der Waals surface area contributed by atoms with E-state index >= 15 is 0 Å². The third-order valence-electron chi connectivity index (χ3n) is 5.58. The average Bonchev–Trinajstić information content (AvgIpc) is 2.38. The van der Waals surface area contributed by atoms with E-state index in [-0.39, 0.29) is 17.9 Å². The molecule has 6 unspecified atom stereocenters. The van der Waals surface area contributed by atoms with E-state index in [9.17, 15) is 4.79 Å². The number of likely N-dealkylation sites (tertiary alicyclic amines) is 1. The molecule has 3 N–H and O–H groups in total. The Hall–Kier alpha value is -0.610. The van der Waals surface area contributed by atoms with Crippen molar-refractivity contribution in [1.29, 1.82) is 0 Å². The Kier molecular flexibility index (Phi) is 5.08. The van der Waals surface area contributed by atoms with Gasteiger partial charge in [0.15, 0.2) is 0 Å². The van der Waals surface area contributed by atoms with E-state index in [2.05, 4.69) is 38.0 Å². The van der Waals surface area contributed by atoms with Crippen molar-refractivity contribution in [2.45, 2.75) is 64.6 Å². The predicted octanol–water partition coefficient (Wildman–Crippen LogP) is 1.59. The van der Waals surface area contributed by atoms with Crippen LogP contribution in [0.5, 0.6) is 0 Å². The van der Waals surface area contributed by atoms with Gasteiger partial charge in [-0.15, -0.1) is 0 Å². The molecule has 1 aliphatic carbocycles. The first-order chi connectivity index (χ1) is 9.38. The Labute approximate surface area is 123 Å². The largest absolute Gasteiger partial charge is 0.353 e. The second kappa shape index (κ2) is 6.44. The number of rotatable bonds is 2. The summed E-state index contributed by atoms with van der Waals surface area (Å²) in [6, 6.07) is 1.08. The molecule has 1 heterocycles. The number of nitrogens with one attached hydrogen (secondary N) is 1. The van der Waals surface area contributed by atoms with Crippen LogP contribution >= 0.6 is 0 Å². The predicted molar refractivity (Wildman–Crippen MR) is 82.3 cm³/mol. The topological polar surface area (TPSA) is 58.4 Å². The van der Waals surface area contributed by atoms with Crippen LogP contribution < -0.4 is 11.1 Å². The van der Waals surface area contributed by atoms with Gasteiger partial charge < -0.3 is 16.0 Å². The lowest BCUT2D eigenvalue weighted by Crippen LogP contribution is -2.51. The summed E-state index contributed by atoms with van der Waals surface area (Å²) in [6.45, 7) is 7.71. The third-order valence-corrected chi connectivity index (χ3v) is 5.58. The summed E-state index contributed by atoms with van der Waals surface area (Å²) >= 11 is 0. The first-order valence-corrected chi connectivity index (χ1v) is 8.14. The Morgan fingerprint density at radius 3 is 2.50 bits per heavy atom. The number of hydrogen-bond acceptors (Lipinski definition) is 3. The second-order valence-electron chi connectivity index (χ2n) is 7.26. The summed E-state index contributed by atoms with van der Waals surface area (Å²) in [6.07, 6.45) is 4.04. The molecule has 20 heavy (non-hydrogen) atoms. The maximum absolute atomic E-state index is 12.5. The van der Waals surface area contributed by atoms with Crippen LogP contribution in [0.1, 0.15) is 46.5 Å². The number of nitrogens with two attached hydrogens (primary N) is 1. The monoisotopic (exact) mass is 281 g/mol. The van der Waals surface area contributed by atoms with E-state index in [1.54, 1.807) is 0 Å². The molecule has 6 atom stereocenters. The third kappa shape index (κ3) is 3.53. The van der Waals surface area contributed by atoms with Crippen molar-refractivity contribution in [2.75, 3.05) is 13.6 Å². The minimum atomic E-state index is 0.108. The quantitative estimate of drug-likeness (QED) is 0.808. The molecule has 1 saturated heterocycles. The summed E-state index contributed by atoms with van der Waals surface area (Å²) < 4.78 is 0. The molecule has 4 nitrogen and oxygen atoms in total. The summed E-state index contributed by atoms with van der Waals surface area (Å²) in [4.78, 5) is 14.9. The van der Waals surface area contributed by atoms with Crippen molar-refractivity contribution >= 4 is 5.91 Å².